The van der Waals surface area contributed by atoms with Gasteiger partial charge in [-0.2, -0.15) is 10.1 Å². The Kier molecular flexibility index (Phi) is 6.15. The number of carbonyl (C=O) groups is 1. The molecule has 156 valence electrons. The lowest BCUT2D eigenvalue weighted by molar-refractivity contribution is 0.0987. The predicted octanol–water partition coefficient (Wildman–Crippen LogP) is 6.37. The van der Waals surface area contributed by atoms with E-state index in [-0.39, 0.29) is 5.91 Å². The number of hydrogen-bond acceptors (Lipinski definition) is 5. The maximum atomic E-state index is 13.5. The summed E-state index contributed by atoms with van der Waals surface area (Å²) < 4.78 is 7.14. The summed E-state index contributed by atoms with van der Waals surface area (Å²) in [4.78, 5) is 18.1. The number of thiazole rings is 1. The van der Waals surface area contributed by atoms with Gasteiger partial charge in [-0.15, -0.1) is 0 Å². The number of amides is 1. The second-order valence-corrected chi connectivity index (χ2v) is 8.99. The number of benzene rings is 3. The third kappa shape index (κ3) is 4.68. The average molecular weight is 494 g/mol. The van der Waals surface area contributed by atoms with Gasteiger partial charge in [0.25, 0.3) is 5.91 Å². The zero-order chi connectivity index (χ0) is 22.0. The summed E-state index contributed by atoms with van der Waals surface area (Å²) in [6.07, 6.45) is 1.66. The largest absolute Gasteiger partial charge is 0.497 e. The molecular weight excluding hydrogens is 474 g/mol. The number of hydrazone groups is 1. The number of nitrogens with zero attached hydrogens (tertiary/aromatic N) is 3. The number of rotatable bonds is 5. The van der Waals surface area contributed by atoms with Crippen molar-refractivity contribution in [3.8, 4) is 5.75 Å². The van der Waals surface area contributed by atoms with Gasteiger partial charge in [0.15, 0.2) is 0 Å². The minimum absolute atomic E-state index is 0.222. The quantitative estimate of drug-likeness (QED) is 0.240. The molecule has 0 bridgehead atoms. The number of aromatic nitrogens is 1. The molecule has 0 aliphatic rings. The van der Waals surface area contributed by atoms with Crippen LogP contribution in [0.1, 0.15) is 27.0 Å². The highest BCUT2D eigenvalue weighted by Gasteiger charge is 2.22. The molecule has 0 saturated carbocycles. The molecule has 0 spiro atoms. The Morgan fingerprint density at radius 1 is 1.10 bits per heavy atom. The summed E-state index contributed by atoms with van der Waals surface area (Å²) in [6.45, 7) is 3.94. The Bertz CT molecular complexity index is 1280. The maximum Gasteiger partial charge on any atom is 0.281 e. The van der Waals surface area contributed by atoms with Gasteiger partial charge in [-0.25, -0.2) is 4.98 Å². The SMILES string of the molecule is COc1ccc(/C=N/N(C(=O)c2ccc(C)cc2C)c2nc3ccc(Br)cc3s2)cc1. The molecule has 0 N–H and O–H groups in total. The maximum absolute atomic E-state index is 13.5. The number of carbonyl (C=O) groups excluding carboxylic acids is 1. The molecule has 3 aromatic carbocycles. The third-order valence-corrected chi connectivity index (χ3v) is 6.25. The normalized spacial score (nSPS) is 11.2. The van der Waals surface area contributed by atoms with Gasteiger partial charge < -0.3 is 4.74 Å². The standard InChI is InChI=1S/C24H20BrN3O2S/c1-15-4-10-20(16(2)12-15)23(29)28(26-14-17-5-8-19(30-3)9-6-17)24-27-21-11-7-18(25)13-22(21)31-24/h4-14H,1-3H3/b26-14+. The summed E-state index contributed by atoms with van der Waals surface area (Å²) in [5.74, 6) is 0.539. The summed E-state index contributed by atoms with van der Waals surface area (Å²) in [7, 11) is 1.62. The van der Waals surface area contributed by atoms with Gasteiger partial charge in [-0.05, 0) is 73.5 Å². The van der Waals surface area contributed by atoms with E-state index in [1.807, 2.05) is 74.5 Å². The summed E-state index contributed by atoms with van der Waals surface area (Å²) in [6, 6.07) is 19.1. The van der Waals surface area contributed by atoms with Crippen LogP contribution >= 0.6 is 27.3 Å². The van der Waals surface area contributed by atoms with Crippen LogP contribution in [-0.2, 0) is 0 Å². The Labute approximate surface area is 193 Å². The van der Waals surface area contributed by atoms with Crippen LogP contribution < -0.4 is 9.75 Å². The Balaban J connectivity index is 1.76. The van der Waals surface area contributed by atoms with Gasteiger partial charge in [0.05, 0.1) is 23.5 Å². The minimum Gasteiger partial charge on any atom is -0.497 e. The van der Waals surface area contributed by atoms with Gasteiger partial charge in [-0.3, -0.25) is 4.79 Å². The summed E-state index contributed by atoms with van der Waals surface area (Å²) in [5.41, 5.74) is 4.27. The van der Waals surface area contributed by atoms with Gasteiger partial charge >= 0.3 is 0 Å². The van der Waals surface area contributed by atoms with Crippen molar-refractivity contribution < 1.29 is 9.53 Å². The second-order valence-electron chi connectivity index (χ2n) is 7.06. The molecule has 1 amide bonds. The zero-order valence-corrected chi connectivity index (χ0v) is 19.7. The first-order chi connectivity index (χ1) is 14.9. The summed E-state index contributed by atoms with van der Waals surface area (Å²) >= 11 is 4.92. The van der Waals surface area contributed by atoms with Crippen LogP contribution in [0.15, 0.2) is 70.2 Å². The number of anilines is 1. The monoisotopic (exact) mass is 493 g/mol. The first-order valence-corrected chi connectivity index (χ1v) is 11.2. The Morgan fingerprint density at radius 2 is 1.87 bits per heavy atom. The summed E-state index contributed by atoms with van der Waals surface area (Å²) in [5, 5.41) is 6.42. The fraction of sp³-hybridized carbons (Fsp3) is 0.125. The molecule has 1 aromatic heterocycles. The highest BCUT2D eigenvalue weighted by atomic mass is 79.9. The number of halogens is 1. The highest BCUT2D eigenvalue weighted by Crippen LogP contribution is 2.32. The molecule has 0 radical (unpaired) electrons. The van der Waals surface area contributed by atoms with E-state index >= 15 is 0 Å². The smallest absolute Gasteiger partial charge is 0.281 e. The predicted molar refractivity (Wildman–Crippen MR) is 131 cm³/mol. The fourth-order valence-corrected chi connectivity index (χ4v) is 4.62. The van der Waals surface area contributed by atoms with Crippen molar-refractivity contribution in [3.05, 3.63) is 87.4 Å². The highest BCUT2D eigenvalue weighted by molar-refractivity contribution is 9.10. The molecule has 0 unspecified atom stereocenters. The van der Waals surface area contributed by atoms with Crippen molar-refractivity contribution in [3.63, 3.8) is 0 Å². The molecule has 31 heavy (non-hydrogen) atoms. The number of methoxy groups -OCH3 is 1. The lowest BCUT2D eigenvalue weighted by Gasteiger charge is -2.15. The fourth-order valence-electron chi connectivity index (χ4n) is 3.15. The van der Waals surface area contributed by atoms with Crippen LogP contribution in [0.5, 0.6) is 5.75 Å². The first-order valence-electron chi connectivity index (χ1n) is 9.60. The van der Waals surface area contributed by atoms with Crippen LogP contribution in [-0.4, -0.2) is 24.2 Å². The van der Waals surface area contributed by atoms with Crippen molar-refractivity contribution in [2.75, 3.05) is 12.1 Å². The number of ether oxygens (including phenoxy) is 1. The molecule has 5 nitrogen and oxygen atoms in total. The molecule has 1 heterocycles. The Morgan fingerprint density at radius 3 is 2.58 bits per heavy atom. The van der Waals surface area contributed by atoms with E-state index in [0.29, 0.717) is 10.7 Å². The number of fused-ring (bicyclic) bond motifs is 1. The van der Waals surface area contributed by atoms with Crippen molar-refractivity contribution in [1.29, 1.82) is 0 Å². The molecular formula is C24H20BrN3O2S. The molecule has 0 aliphatic carbocycles. The first kappa shape index (κ1) is 21.2. The van der Waals surface area contributed by atoms with Gasteiger partial charge in [0.2, 0.25) is 5.13 Å². The van der Waals surface area contributed by atoms with Crippen LogP contribution in [0.3, 0.4) is 0 Å². The third-order valence-electron chi connectivity index (χ3n) is 4.76. The molecule has 4 aromatic rings. The van der Waals surface area contributed by atoms with E-state index in [1.165, 1.54) is 16.3 Å². The van der Waals surface area contributed by atoms with E-state index in [4.69, 9.17) is 4.74 Å². The van der Waals surface area contributed by atoms with Crippen LogP contribution in [0.25, 0.3) is 10.2 Å². The molecule has 4 rings (SSSR count). The number of aryl methyl sites for hydroxylation is 2. The number of hydrogen-bond donors (Lipinski definition) is 0. The van der Waals surface area contributed by atoms with Gasteiger partial charge in [0.1, 0.15) is 5.75 Å². The van der Waals surface area contributed by atoms with Crippen LogP contribution in [0, 0.1) is 13.8 Å². The van der Waals surface area contributed by atoms with Crippen LogP contribution in [0.2, 0.25) is 0 Å². The topological polar surface area (TPSA) is 54.8 Å². The van der Waals surface area contributed by atoms with Crippen LogP contribution in [0.4, 0.5) is 5.13 Å². The molecule has 7 heteroatoms. The van der Waals surface area contributed by atoms with E-state index in [2.05, 4.69) is 26.0 Å². The zero-order valence-electron chi connectivity index (χ0n) is 17.3. The van der Waals surface area contributed by atoms with E-state index in [9.17, 15) is 4.79 Å². The van der Waals surface area contributed by atoms with Gasteiger partial charge in [-0.1, -0.05) is 45.0 Å². The molecule has 0 atom stereocenters. The van der Waals surface area contributed by atoms with Crippen molar-refractivity contribution in [1.82, 2.24) is 4.98 Å². The van der Waals surface area contributed by atoms with Crippen molar-refractivity contribution in [2.24, 2.45) is 5.10 Å². The van der Waals surface area contributed by atoms with Crippen molar-refractivity contribution in [2.45, 2.75) is 13.8 Å². The average Bonchev–Trinajstić information content (AvgIpc) is 3.17. The molecule has 0 saturated heterocycles. The minimum atomic E-state index is -0.222. The second kappa shape index (κ2) is 8.99. The van der Waals surface area contributed by atoms with Gasteiger partial charge in [0, 0.05) is 10.0 Å². The Hall–Kier alpha value is -3.03. The van der Waals surface area contributed by atoms with Crippen molar-refractivity contribution >= 4 is 54.7 Å². The van der Waals surface area contributed by atoms with E-state index < -0.39 is 0 Å². The lowest BCUT2D eigenvalue weighted by Crippen LogP contribution is -2.26. The van der Waals surface area contributed by atoms with E-state index in [1.54, 1.807) is 13.3 Å². The molecule has 0 fully saturated rings. The lowest BCUT2D eigenvalue weighted by atomic mass is 10.1. The van der Waals surface area contributed by atoms with E-state index in [0.717, 1.165) is 37.1 Å². The molecule has 0 aliphatic heterocycles.